The second-order valence-electron chi connectivity index (χ2n) is 7.69. The molecule has 1 N–H and O–H groups in total. The molecule has 1 aliphatic carbocycles. The Balaban J connectivity index is 1.92. The van der Waals surface area contributed by atoms with Crippen LogP contribution in [-0.4, -0.2) is 46.8 Å². The van der Waals surface area contributed by atoms with Gasteiger partial charge in [0.2, 0.25) is 5.69 Å². The number of aliphatic hydroxyl groups is 1. The maximum absolute atomic E-state index is 11.0. The molecular weight excluding hydrogens is 406 g/mol. The van der Waals surface area contributed by atoms with E-state index < -0.39 is 15.9 Å². The van der Waals surface area contributed by atoms with Crippen molar-refractivity contribution in [2.24, 2.45) is 5.92 Å². The standard InChI is InChI=1S/C18H25NO7S2/c1-12-18(2,11-13-4-7-17(13)20)15-10-14(27-26-25-21)5-6-16(15)19(12)8-3-9-28(22,23)24/h5-6,10,13,17,20H,3-4,7-9,11H2,1-2H3,(H-,21,22,23,24)/p-1/t13-,17?,18+/m1/s1. The smallest absolute Gasteiger partial charge is 0.209 e. The highest BCUT2D eigenvalue weighted by Crippen LogP contribution is 2.48. The molecule has 1 aromatic carbocycles. The molecule has 1 unspecified atom stereocenters. The van der Waals surface area contributed by atoms with Crippen molar-refractivity contribution in [1.29, 1.82) is 0 Å². The Kier molecular flexibility index (Phi) is 6.50. The van der Waals surface area contributed by atoms with Gasteiger partial charge < -0.3 is 14.9 Å². The maximum atomic E-state index is 11.0. The summed E-state index contributed by atoms with van der Waals surface area (Å²) in [6.45, 7) is 4.52. The van der Waals surface area contributed by atoms with E-state index in [1.54, 1.807) is 6.07 Å². The Morgan fingerprint density at radius 1 is 1.39 bits per heavy atom. The summed E-state index contributed by atoms with van der Waals surface area (Å²) >= 11 is 0.818. The molecule has 0 saturated heterocycles. The molecule has 10 heteroatoms. The van der Waals surface area contributed by atoms with Crippen LogP contribution in [0.1, 0.15) is 45.1 Å². The first kappa shape index (κ1) is 21.7. The lowest BCUT2D eigenvalue weighted by Gasteiger charge is -2.37. The van der Waals surface area contributed by atoms with Gasteiger partial charge in [-0.15, -0.1) is 0 Å². The number of hydrogen-bond donors (Lipinski definition) is 1. The van der Waals surface area contributed by atoms with Gasteiger partial charge in [0, 0.05) is 35.6 Å². The van der Waals surface area contributed by atoms with E-state index in [0.29, 0.717) is 11.4 Å². The lowest BCUT2D eigenvalue weighted by atomic mass is 9.67. The van der Waals surface area contributed by atoms with E-state index in [-0.39, 0.29) is 23.9 Å². The minimum atomic E-state index is -4.26. The average molecular weight is 431 g/mol. The summed E-state index contributed by atoms with van der Waals surface area (Å²) in [6, 6.07) is 5.61. The number of rotatable bonds is 9. The molecule has 0 radical (unpaired) electrons. The van der Waals surface area contributed by atoms with Crippen molar-refractivity contribution in [3.05, 3.63) is 23.8 Å². The highest BCUT2D eigenvalue weighted by Gasteiger charge is 2.49. The molecule has 28 heavy (non-hydrogen) atoms. The van der Waals surface area contributed by atoms with E-state index in [2.05, 4.69) is 16.3 Å². The zero-order chi connectivity index (χ0) is 20.5. The molecule has 3 rings (SSSR count). The Labute approximate surface area is 169 Å². The Hall–Kier alpha value is -1.01. The van der Waals surface area contributed by atoms with Crippen molar-refractivity contribution >= 4 is 33.6 Å². The van der Waals surface area contributed by atoms with Gasteiger partial charge in [-0.1, -0.05) is 0 Å². The third-order valence-electron chi connectivity index (χ3n) is 6.04. The Morgan fingerprint density at radius 2 is 2.14 bits per heavy atom. The highest BCUT2D eigenvalue weighted by molar-refractivity contribution is 7.94. The second kappa shape index (κ2) is 8.39. The molecule has 1 heterocycles. The van der Waals surface area contributed by atoms with Gasteiger partial charge in [0.25, 0.3) is 0 Å². The fraction of sp³-hybridized carbons (Fsp3) is 0.611. The predicted molar refractivity (Wildman–Crippen MR) is 99.8 cm³/mol. The third-order valence-corrected chi connectivity index (χ3v) is 7.40. The van der Waals surface area contributed by atoms with Gasteiger partial charge in [-0.25, -0.2) is 8.42 Å². The summed E-state index contributed by atoms with van der Waals surface area (Å²) in [5.41, 5.74) is 2.65. The quantitative estimate of drug-likeness (QED) is 0.205. The third kappa shape index (κ3) is 4.43. The Bertz CT molecular complexity index is 871. The van der Waals surface area contributed by atoms with Crippen LogP contribution in [0.4, 0.5) is 5.69 Å². The topological polar surface area (TPSA) is 122 Å². The van der Waals surface area contributed by atoms with Crippen molar-refractivity contribution in [3.8, 4) is 0 Å². The van der Waals surface area contributed by atoms with Crippen LogP contribution in [-0.2, 0) is 24.9 Å². The summed E-state index contributed by atoms with van der Waals surface area (Å²) in [4.78, 5) is 0.701. The summed E-state index contributed by atoms with van der Waals surface area (Å²) in [5, 5.41) is 23.6. The number of nitrogens with zero attached hydrogens (tertiary/aromatic N) is 1. The molecule has 8 nitrogen and oxygen atoms in total. The molecule has 1 fully saturated rings. The first-order chi connectivity index (χ1) is 13.2. The van der Waals surface area contributed by atoms with E-state index in [9.17, 15) is 23.3 Å². The van der Waals surface area contributed by atoms with Crippen molar-refractivity contribution in [1.82, 2.24) is 0 Å². The molecule has 1 aromatic rings. The number of aliphatic hydroxyl groups excluding tert-OH is 1. The van der Waals surface area contributed by atoms with Gasteiger partial charge in [-0.05, 0) is 44.2 Å². The van der Waals surface area contributed by atoms with Crippen LogP contribution >= 0.6 is 12.0 Å². The molecule has 1 aliphatic heterocycles. The normalized spacial score (nSPS) is 27.0. The van der Waals surface area contributed by atoms with Crippen LogP contribution in [0, 0.1) is 5.92 Å². The van der Waals surface area contributed by atoms with Gasteiger partial charge in [0.1, 0.15) is 6.54 Å². The van der Waals surface area contributed by atoms with Crippen LogP contribution in [0.2, 0.25) is 0 Å². The molecule has 1 saturated carbocycles. The second-order valence-corrected chi connectivity index (χ2v) is 9.99. The minimum Gasteiger partial charge on any atom is -0.748 e. The van der Waals surface area contributed by atoms with Crippen molar-refractivity contribution < 1.29 is 37.3 Å². The molecule has 0 spiro atoms. The number of fused-ring (bicyclic) bond motifs is 1. The van der Waals surface area contributed by atoms with Gasteiger partial charge in [0.05, 0.1) is 33.7 Å². The highest BCUT2D eigenvalue weighted by atomic mass is 32.2. The van der Waals surface area contributed by atoms with E-state index in [4.69, 9.17) is 0 Å². The molecule has 2 aliphatic rings. The molecular formula is C18H24NO7S2-. The fourth-order valence-electron chi connectivity index (χ4n) is 4.23. The van der Waals surface area contributed by atoms with Gasteiger partial charge in [0.15, 0.2) is 5.71 Å². The predicted octanol–water partition coefficient (Wildman–Crippen LogP) is 1.39. The Morgan fingerprint density at radius 3 is 2.71 bits per heavy atom. The first-order valence-electron chi connectivity index (χ1n) is 9.16. The first-order valence-corrected chi connectivity index (χ1v) is 11.5. The number of hydrogen-bond acceptors (Lipinski definition) is 8. The van der Waals surface area contributed by atoms with Crippen LogP contribution < -0.4 is 5.26 Å². The monoisotopic (exact) mass is 430 g/mol. The van der Waals surface area contributed by atoms with E-state index in [1.165, 1.54) is 0 Å². The summed E-state index contributed by atoms with van der Waals surface area (Å²) in [6.07, 6.45) is 2.46. The van der Waals surface area contributed by atoms with Crippen LogP contribution in [0.15, 0.2) is 23.1 Å². The van der Waals surface area contributed by atoms with Gasteiger partial charge >= 0.3 is 0 Å². The van der Waals surface area contributed by atoms with Crippen molar-refractivity contribution in [2.45, 2.75) is 55.9 Å². The maximum Gasteiger partial charge on any atom is 0.209 e. The van der Waals surface area contributed by atoms with E-state index in [0.717, 1.165) is 48.3 Å². The molecule has 0 aromatic heterocycles. The van der Waals surface area contributed by atoms with Gasteiger partial charge in [-0.3, -0.25) is 5.04 Å². The van der Waals surface area contributed by atoms with Crippen LogP contribution in [0.3, 0.4) is 0 Å². The summed E-state index contributed by atoms with van der Waals surface area (Å²) in [7, 11) is -4.26. The lowest BCUT2D eigenvalue weighted by Crippen LogP contribution is -2.40. The summed E-state index contributed by atoms with van der Waals surface area (Å²) in [5.74, 6) is -0.209. The molecule has 156 valence electrons. The zero-order valence-corrected chi connectivity index (χ0v) is 17.4. The molecule has 0 bridgehead atoms. The zero-order valence-electron chi connectivity index (χ0n) is 15.8. The SMILES string of the molecule is CC1=[N+](CCCS(=O)(=O)[O-])c2ccc(SOO[O-])cc2[C@@]1(C)C[C@H]1CCC1O. The summed E-state index contributed by atoms with van der Waals surface area (Å²) < 4.78 is 39.4. The lowest BCUT2D eigenvalue weighted by molar-refractivity contribution is -0.777. The van der Waals surface area contributed by atoms with Crippen molar-refractivity contribution in [2.75, 3.05) is 12.3 Å². The van der Waals surface area contributed by atoms with E-state index in [1.807, 2.05) is 23.6 Å². The largest absolute Gasteiger partial charge is 0.748 e. The fourth-order valence-corrected chi connectivity index (χ4v) is 5.11. The van der Waals surface area contributed by atoms with Gasteiger partial charge in [-0.2, -0.15) is 8.91 Å². The average Bonchev–Trinajstić information content (AvgIpc) is 2.84. The van der Waals surface area contributed by atoms with Crippen LogP contribution in [0.25, 0.3) is 0 Å². The molecule has 0 amide bonds. The molecule has 3 atom stereocenters. The van der Waals surface area contributed by atoms with E-state index >= 15 is 0 Å². The van der Waals surface area contributed by atoms with Crippen LogP contribution in [0.5, 0.6) is 0 Å². The van der Waals surface area contributed by atoms with Crippen molar-refractivity contribution in [3.63, 3.8) is 0 Å². The number of benzene rings is 1. The minimum absolute atomic E-state index is 0.201.